The average molecular weight is 520 g/mol. The van der Waals surface area contributed by atoms with E-state index in [1.165, 1.54) is 11.3 Å². The van der Waals surface area contributed by atoms with E-state index in [2.05, 4.69) is 27.2 Å². The quantitative estimate of drug-likeness (QED) is 0.350. The van der Waals surface area contributed by atoms with Crippen LogP contribution < -0.4 is 5.32 Å². The monoisotopic (exact) mass is 519 g/mol. The number of halogens is 1. The van der Waals surface area contributed by atoms with Crippen molar-refractivity contribution in [2.45, 2.75) is 26.8 Å². The Kier molecular flexibility index (Phi) is 6.51. The zero-order valence-corrected chi connectivity index (χ0v) is 22.1. The number of rotatable bonds is 5. The fourth-order valence-electron chi connectivity index (χ4n) is 4.67. The highest BCUT2D eigenvalue weighted by Gasteiger charge is 2.25. The number of carbonyl (C=O) groups excluding carboxylic acids is 2. The summed E-state index contributed by atoms with van der Waals surface area (Å²) in [5.41, 5.74) is 6.71. The third kappa shape index (κ3) is 4.25. The second-order valence-corrected chi connectivity index (χ2v) is 10.6. The second-order valence-electron chi connectivity index (χ2n) is 9.05. The Labute approximate surface area is 218 Å². The van der Waals surface area contributed by atoms with Crippen LogP contribution in [-0.2, 0) is 20.0 Å². The summed E-state index contributed by atoms with van der Waals surface area (Å²) in [7, 11) is 3.94. The van der Waals surface area contributed by atoms with Crippen LogP contribution in [0.2, 0.25) is 5.02 Å². The van der Waals surface area contributed by atoms with Crippen molar-refractivity contribution in [1.29, 1.82) is 0 Å². The van der Waals surface area contributed by atoms with Crippen LogP contribution in [0.3, 0.4) is 0 Å². The summed E-state index contributed by atoms with van der Waals surface area (Å²) in [6, 6.07) is 11.5. The Hall–Kier alpha value is -3.33. The number of aromatic nitrogens is 3. The number of hydrogen-bond acceptors (Lipinski definition) is 6. The van der Waals surface area contributed by atoms with Gasteiger partial charge in [-0.1, -0.05) is 41.9 Å². The third-order valence-electron chi connectivity index (χ3n) is 6.70. The number of benzene rings is 2. The van der Waals surface area contributed by atoms with Crippen molar-refractivity contribution < 1.29 is 9.59 Å². The van der Waals surface area contributed by atoms with Crippen molar-refractivity contribution in [3.05, 3.63) is 74.8 Å². The molecule has 0 aliphatic carbocycles. The fourth-order valence-corrected chi connectivity index (χ4v) is 5.91. The van der Waals surface area contributed by atoms with Gasteiger partial charge in [0.25, 0.3) is 5.91 Å². The fraction of sp³-hybridized carbons (Fsp3) is 0.259. The van der Waals surface area contributed by atoms with E-state index >= 15 is 0 Å². The molecule has 1 aliphatic heterocycles. The van der Waals surface area contributed by atoms with Gasteiger partial charge in [0, 0.05) is 48.3 Å². The summed E-state index contributed by atoms with van der Waals surface area (Å²) in [5.74, 6) is 0.0822. The van der Waals surface area contributed by atoms with Gasteiger partial charge >= 0.3 is 0 Å². The van der Waals surface area contributed by atoms with E-state index in [0.717, 1.165) is 69.3 Å². The van der Waals surface area contributed by atoms with E-state index in [1.807, 2.05) is 55.8 Å². The molecule has 4 aromatic rings. The van der Waals surface area contributed by atoms with Crippen LogP contribution in [0.4, 0.5) is 5.69 Å². The lowest BCUT2D eigenvalue weighted by molar-refractivity contribution is 0.101. The first-order valence-corrected chi connectivity index (χ1v) is 12.8. The Morgan fingerprint density at radius 1 is 1.08 bits per heavy atom. The van der Waals surface area contributed by atoms with Gasteiger partial charge in [-0.2, -0.15) is 0 Å². The van der Waals surface area contributed by atoms with Crippen molar-refractivity contribution in [3.63, 3.8) is 0 Å². The number of hydrogen-bond donors (Lipinski definition) is 1. The lowest BCUT2D eigenvalue weighted by Gasteiger charge is -2.21. The summed E-state index contributed by atoms with van der Waals surface area (Å²) in [4.78, 5) is 36.7. The molecule has 1 N–H and O–H groups in total. The lowest BCUT2D eigenvalue weighted by Crippen LogP contribution is -2.27. The number of imidazole rings is 1. The number of fused-ring (bicyclic) bond motifs is 1. The minimum Gasteiger partial charge on any atom is -0.327 e. The van der Waals surface area contributed by atoms with Gasteiger partial charge in [-0.15, -0.1) is 11.3 Å². The highest BCUT2D eigenvalue weighted by atomic mass is 35.5. The molecule has 1 aliphatic rings. The molecule has 0 saturated heterocycles. The average Bonchev–Trinajstić information content (AvgIpc) is 3.39. The first kappa shape index (κ1) is 24.4. The molecule has 36 heavy (non-hydrogen) atoms. The maximum atomic E-state index is 13.2. The number of amides is 1. The first-order chi connectivity index (χ1) is 17.3. The number of nitrogens with zero attached hydrogens (tertiary/aromatic N) is 4. The Balaban J connectivity index is 1.48. The molecule has 0 spiro atoms. The number of carbonyl (C=O) groups is 2. The maximum absolute atomic E-state index is 13.2. The van der Waals surface area contributed by atoms with Crippen LogP contribution in [0.15, 0.2) is 36.4 Å². The largest absolute Gasteiger partial charge is 0.327 e. The molecular formula is C27H26ClN5O2S. The van der Waals surface area contributed by atoms with Crippen molar-refractivity contribution in [2.75, 3.05) is 18.9 Å². The van der Waals surface area contributed by atoms with E-state index < -0.39 is 0 Å². The van der Waals surface area contributed by atoms with Crippen LogP contribution in [0.1, 0.15) is 42.9 Å². The molecule has 9 heteroatoms. The molecule has 5 rings (SSSR count). The Morgan fingerprint density at radius 3 is 2.56 bits per heavy atom. The summed E-state index contributed by atoms with van der Waals surface area (Å²) in [5, 5.41) is 4.21. The summed E-state index contributed by atoms with van der Waals surface area (Å²) >= 11 is 8.34. The van der Waals surface area contributed by atoms with E-state index in [0.29, 0.717) is 22.2 Å². The van der Waals surface area contributed by atoms with E-state index in [4.69, 9.17) is 11.6 Å². The standard InChI is InChI=1S/C27H26ClN5O2S/c1-15-17(7-5-8-18(15)27-31-22(14-34)16(2)36-27)19-9-6-10-20(24(19)28)30-26(35)25-29-21-13-32(3)12-11-23(21)33(25)4/h5-10,14H,11-13H2,1-4H3,(H,30,35). The number of anilines is 1. The van der Waals surface area contributed by atoms with Crippen LogP contribution in [0, 0.1) is 13.8 Å². The van der Waals surface area contributed by atoms with Crippen molar-refractivity contribution in [3.8, 4) is 21.7 Å². The number of nitrogens with one attached hydrogen (secondary N) is 1. The highest BCUT2D eigenvalue weighted by Crippen LogP contribution is 2.39. The van der Waals surface area contributed by atoms with Gasteiger partial charge in [-0.3, -0.25) is 9.59 Å². The third-order valence-corrected chi connectivity index (χ3v) is 8.12. The molecule has 0 radical (unpaired) electrons. The molecule has 1 amide bonds. The van der Waals surface area contributed by atoms with E-state index in [-0.39, 0.29) is 5.91 Å². The second kappa shape index (κ2) is 9.61. The van der Waals surface area contributed by atoms with Gasteiger partial charge in [0.2, 0.25) is 0 Å². The number of thiazole rings is 1. The minimum atomic E-state index is -0.293. The summed E-state index contributed by atoms with van der Waals surface area (Å²) < 4.78 is 1.88. The highest BCUT2D eigenvalue weighted by molar-refractivity contribution is 7.15. The van der Waals surface area contributed by atoms with E-state index in [1.54, 1.807) is 6.07 Å². The van der Waals surface area contributed by atoms with Crippen LogP contribution in [-0.4, -0.2) is 45.2 Å². The van der Waals surface area contributed by atoms with Gasteiger partial charge in [-0.05, 0) is 38.1 Å². The molecular weight excluding hydrogens is 494 g/mol. The molecule has 0 atom stereocenters. The molecule has 2 aromatic heterocycles. The molecule has 0 saturated carbocycles. The predicted octanol–water partition coefficient (Wildman–Crippen LogP) is 5.53. The molecule has 7 nitrogen and oxygen atoms in total. The molecule has 3 heterocycles. The Bertz CT molecular complexity index is 1510. The summed E-state index contributed by atoms with van der Waals surface area (Å²) in [6.45, 7) is 5.58. The van der Waals surface area contributed by atoms with Crippen LogP contribution in [0.25, 0.3) is 21.7 Å². The number of aldehydes is 1. The van der Waals surface area contributed by atoms with Gasteiger partial charge in [0.05, 0.1) is 16.4 Å². The normalized spacial score (nSPS) is 13.5. The van der Waals surface area contributed by atoms with E-state index in [9.17, 15) is 9.59 Å². The Morgan fingerprint density at radius 2 is 1.81 bits per heavy atom. The van der Waals surface area contributed by atoms with Crippen LogP contribution in [0.5, 0.6) is 0 Å². The zero-order valence-electron chi connectivity index (χ0n) is 20.6. The van der Waals surface area contributed by atoms with Gasteiger partial charge in [0.15, 0.2) is 12.1 Å². The predicted molar refractivity (Wildman–Crippen MR) is 144 cm³/mol. The van der Waals surface area contributed by atoms with Crippen molar-refractivity contribution in [1.82, 2.24) is 19.4 Å². The molecule has 0 bridgehead atoms. The maximum Gasteiger partial charge on any atom is 0.291 e. The van der Waals surface area contributed by atoms with Crippen molar-refractivity contribution in [2.24, 2.45) is 7.05 Å². The minimum absolute atomic E-state index is 0.293. The van der Waals surface area contributed by atoms with Gasteiger partial charge in [-0.25, -0.2) is 9.97 Å². The van der Waals surface area contributed by atoms with Gasteiger partial charge < -0.3 is 14.8 Å². The molecule has 0 unspecified atom stereocenters. The van der Waals surface area contributed by atoms with Crippen LogP contribution >= 0.6 is 22.9 Å². The van der Waals surface area contributed by atoms with Gasteiger partial charge in [0.1, 0.15) is 10.7 Å². The number of likely N-dealkylation sites (N-methyl/N-ethyl adjacent to an activating group) is 1. The zero-order chi connectivity index (χ0) is 25.6. The smallest absolute Gasteiger partial charge is 0.291 e. The molecule has 0 fully saturated rings. The molecule has 2 aromatic carbocycles. The lowest BCUT2D eigenvalue weighted by atomic mass is 9.96. The van der Waals surface area contributed by atoms with Crippen molar-refractivity contribution >= 4 is 40.8 Å². The number of aryl methyl sites for hydroxylation is 1. The molecule has 184 valence electrons. The summed E-state index contributed by atoms with van der Waals surface area (Å²) in [6.07, 6.45) is 1.65. The first-order valence-electron chi connectivity index (χ1n) is 11.6. The topological polar surface area (TPSA) is 80.1 Å². The SMILES string of the molecule is Cc1sc(-c2cccc(-c3cccc(NC(=O)c4nc5c(n4C)CCN(C)C5)c3Cl)c2C)nc1C=O.